The molecule has 6 nitrogen and oxygen atoms in total. The van der Waals surface area contributed by atoms with Crippen molar-refractivity contribution in [2.45, 2.75) is 37.8 Å². The van der Waals surface area contributed by atoms with E-state index < -0.39 is 6.04 Å². The average molecular weight is 450 g/mol. The van der Waals surface area contributed by atoms with E-state index in [2.05, 4.69) is 10.2 Å². The van der Waals surface area contributed by atoms with Crippen LogP contribution in [-0.2, 0) is 4.79 Å². The van der Waals surface area contributed by atoms with Gasteiger partial charge in [-0.3, -0.25) is 14.5 Å². The molecule has 2 aliphatic heterocycles. The summed E-state index contributed by atoms with van der Waals surface area (Å²) < 4.78 is 5.62. The SMILES string of the molecule is O=C(NCC(c1ccco1)N1CCCC1)C1CCCN1C(=O)c1cc(Cl)cc(Cl)c1. The lowest BCUT2D eigenvalue weighted by Crippen LogP contribution is -2.47. The molecule has 2 atom stereocenters. The molecule has 2 amide bonds. The minimum absolute atomic E-state index is 0.00346. The molecule has 30 heavy (non-hydrogen) atoms. The van der Waals surface area contributed by atoms with Gasteiger partial charge >= 0.3 is 0 Å². The van der Waals surface area contributed by atoms with Gasteiger partial charge in [-0.15, -0.1) is 0 Å². The summed E-state index contributed by atoms with van der Waals surface area (Å²) in [5.41, 5.74) is 0.401. The molecule has 0 spiro atoms. The summed E-state index contributed by atoms with van der Waals surface area (Å²) in [5.74, 6) is 0.494. The molecule has 2 aliphatic rings. The Bertz CT molecular complexity index is 877. The lowest BCUT2D eigenvalue weighted by Gasteiger charge is -2.28. The summed E-state index contributed by atoms with van der Waals surface area (Å²) in [6.07, 6.45) is 5.39. The summed E-state index contributed by atoms with van der Waals surface area (Å²) in [4.78, 5) is 30.0. The largest absolute Gasteiger partial charge is 0.468 e. The summed E-state index contributed by atoms with van der Waals surface area (Å²) >= 11 is 12.1. The molecule has 0 bridgehead atoms. The van der Waals surface area contributed by atoms with Crippen LogP contribution in [-0.4, -0.2) is 53.8 Å². The van der Waals surface area contributed by atoms with Gasteiger partial charge in [0.15, 0.2) is 0 Å². The summed E-state index contributed by atoms with van der Waals surface area (Å²) in [6.45, 7) is 2.97. The third-order valence-electron chi connectivity index (χ3n) is 5.85. The van der Waals surface area contributed by atoms with Gasteiger partial charge in [0.25, 0.3) is 5.91 Å². The first-order chi connectivity index (χ1) is 14.5. The smallest absolute Gasteiger partial charge is 0.254 e. The molecule has 2 aromatic rings. The number of carbonyl (C=O) groups is 2. The Balaban J connectivity index is 1.43. The highest BCUT2D eigenvalue weighted by Crippen LogP contribution is 2.27. The minimum Gasteiger partial charge on any atom is -0.468 e. The molecule has 0 radical (unpaired) electrons. The van der Waals surface area contributed by atoms with E-state index in [9.17, 15) is 9.59 Å². The van der Waals surface area contributed by atoms with E-state index in [0.717, 1.165) is 38.1 Å². The maximum atomic E-state index is 13.0. The molecule has 1 N–H and O–H groups in total. The van der Waals surface area contributed by atoms with E-state index in [0.29, 0.717) is 35.1 Å². The molecule has 2 saturated heterocycles. The zero-order valence-electron chi connectivity index (χ0n) is 16.7. The van der Waals surface area contributed by atoms with Crippen LogP contribution < -0.4 is 5.32 Å². The third-order valence-corrected chi connectivity index (χ3v) is 6.28. The number of carbonyl (C=O) groups excluding carboxylic acids is 2. The van der Waals surface area contributed by atoms with Crippen LogP contribution in [0, 0.1) is 0 Å². The highest BCUT2D eigenvalue weighted by molar-refractivity contribution is 6.35. The van der Waals surface area contributed by atoms with Gasteiger partial charge in [-0.2, -0.15) is 0 Å². The first-order valence-corrected chi connectivity index (χ1v) is 11.1. The Labute approximate surface area is 186 Å². The van der Waals surface area contributed by atoms with Crippen molar-refractivity contribution in [3.05, 3.63) is 58.0 Å². The third kappa shape index (κ3) is 4.66. The number of hydrogen-bond donors (Lipinski definition) is 1. The second kappa shape index (κ2) is 9.41. The Hall–Kier alpha value is -2.02. The number of hydrogen-bond acceptors (Lipinski definition) is 4. The van der Waals surface area contributed by atoms with Crippen LogP contribution in [0.2, 0.25) is 10.0 Å². The van der Waals surface area contributed by atoms with Gasteiger partial charge in [0, 0.05) is 28.7 Å². The van der Waals surface area contributed by atoms with Gasteiger partial charge in [-0.1, -0.05) is 23.2 Å². The fourth-order valence-electron chi connectivity index (χ4n) is 4.38. The molecule has 2 fully saturated rings. The zero-order valence-corrected chi connectivity index (χ0v) is 18.2. The van der Waals surface area contributed by atoms with Crippen molar-refractivity contribution in [2.75, 3.05) is 26.2 Å². The molecule has 160 valence electrons. The average Bonchev–Trinajstić information content (AvgIpc) is 3.48. The predicted octanol–water partition coefficient (Wildman–Crippen LogP) is 4.14. The maximum Gasteiger partial charge on any atom is 0.254 e. The summed E-state index contributed by atoms with van der Waals surface area (Å²) in [6, 6.07) is 8.08. The van der Waals surface area contributed by atoms with Crippen molar-refractivity contribution in [3.63, 3.8) is 0 Å². The summed E-state index contributed by atoms with van der Waals surface area (Å²) in [5, 5.41) is 3.86. The monoisotopic (exact) mass is 449 g/mol. The molecule has 1 aromatic heterocycles. The van der Waals surface area contributed by atoms with Crippen LogP contribution in [0.1, 0.15) is 47.8 Å². The number of rotatable bonds is 6. The normalized spacial score (nSPS) is 20.5. The number of likely N-dealkylation sites (tertiary alicyclic amines) is 2. The quantitative estimate of drug-likeness (QED) is 0.719. The van der Waals surface area contributed by atoms with Crippen LogP contribution in [0.25, 0.3) is 0 Å². The highest BCUT2D eigenvalue weighted by atomic mass is 35.5. The Kier molecular flexibility index (Phi) is 6.66. The fourth-order valence-corrected chi connectivity index (χ4v) is 4.91. The van der Waals surface area contributed by atoms with Gasteiger partial charge in [0.1, 0.15) is 11.8 Å². The van der Waals surface area contributed by atoms with Gasteiger partial charge < -0.3 is 14.6 Å². The molecule has 2 unspecified atom stereocenters. The van der Waals surface area contributed by atoms with E-state index in [1.165, 1.54) is 0 Å². The van der Waals surface area contributed by atoms with Crippen molar-refractivity contribution in [3.8, 4) is 0 Å². The van der Waals surface area contributed by atoms with Crippen molar-refractivity contribution in [1.29, 1.82) is 0 Å². The molecule has 0 saturated carbocycles. The van der Waals surface area contributed by atoms with Crippen LogP contribution in [0.5, 0.6) is 0 Å². The topological polar surface area (TPSA) is 65.8 Å². The van der Waals surface area contributed by atoms with E-state index >= 15 is 0 Å². The zero-order chi connectivity index (χ0) is 21.1. The van der Waals surface area contributed by atoms with Crippen LogP contribution >= 0.6 is 23.2 Å². The number of nitrogens with zero attached hydrogens (tertiary/aromatic N) is 2. The highest BCUT2D eigenvalue weighted by Gasteiger charge is 2.35. The second-order valence-corrected chi connectivity index (χ2v) is 8.71. The number of nitrogens with one attached hydrogen (secondary N) is 1. The van der Waals surface area contributed by atoms with E-state index in [1.54, 1.807) is 29.4 Å². The molecular formula is C22H25Cl2N3O3. The Morgan fingerprint density at radius 1 is 1.10 bits per heavy atom. The first kappa shape index (κ1) is 21.2. The predicted molar refractivity (Wildman–Crippen MR) is 116 cm³/mol. The van der Waals surface area contributed by atoms with Gasteiger partial charge in [0.2, 0.25) is 5.91 Å². The lowest BCUT2D eigenvalue weighted by atomic mass is 10.1. The number of benzene rings is 1. The molecule has 3 heterocycles. The molecular weight excluding hydrogens is 425 g/mol. The van der Waals surface area contributed by atoms with Crippen molar-refractivity contribution < 1.29 is 14.0 Å². The summed E-state index contributed by atoms with van der Waals surface area (Å²) in [7, 11) is 0. The van der Waals surface area contributed by atoms with Crippen LogP contribution in [0.15, 0.2) is 41.0 Å². The van der Waals surface area contributed by atoms with Crippen molar-refractivity contribution in [2.24, 2.45) is 0 Å². The van der Waals surface area contributed by atoms with Crippen LogP contribution in [0.4, 0.5) is 0 Å². The van der Waals surface area contributed by atoms with Crippen molar-refractivity contribution in [1.82, 2.24) is 15.1 Å². The van der Waals surface area contributed by atoms with Gasteiger partial charge in [0.05, 0.1) is 12.3 Å². The number of furan rings is 1. The maximum absolute atomic E-state index is 13.0. The van der Waals surface area contributed by atoms with E-state index in [-0.39, 0.29) is 17.9 Å². The molecule has 1 aromatic carbocycles. The van der Waals surface area contributed by atoms with Crippen LogP contribution in [0.3, 0.4) is 0 Å². The standard InChI is InChI=1S/C22H25Cl2N3O3/c23-16-11-15(12-17(24)13-16)22(29)27-9-3-5-18(27)21(28)25-14-19(20-6-4-10-30-20)26-7-1-2-8-26/h4,6,10-13,18-19H,1-3,5,7-9,14H2,(H,25,28). The number of halogens is 2. The molecule has 4 rings (SSSR count). The second-order valence-electron chi connectivity index (χ2n) is 7.83. The first-order valence-electron chi connectivity index (χ1n) is 10.3. The molecule has 0 aliphatic carbocycles. The lowest BCUT2D eigenvalue weighted by molar-refractivity contribution is -0.125. The van der Waals surface area contributed by atoms with E-state index in [1.807, 2.05) is 12.1 Å². The molecule has 8 heteroatoms. The minimum atomic E-state index is -0.494. The Morgan fingerprint density at radius 2 is 1.83 bits per heavy atom. The Morgan fingerprint density at radius 3 is 2.50 bits per heavy atom. The van der Waals surface area contributed by atoms with Gasteiger partial charge in [-0.05, 0) is 69.1 Å². The van der Waals surface area contributed by atoms with E-state index in [4.69, 9.17) is 27.6 Å². The van der Waals surface area contributed by atoms with Gasteiger partial charge in [-0.25, -0.2) is 0 Å². The number of amides is 2. The fraction of sp³-hybridized carbons (Fsp3) is 0.455. The van der Waals surface area contributed by atoms with Crippen molar-refractivity contribution >= 4 is 35.0 Å².